The van der Waals surface area contributed by atoms with Crippen LogP contribution in [0.3, 0.4) is 0 Å². The number of hydrogen-bond donors (Lipinski definition) is 0. The highest BCUT2D eigenvalue weighted by atomic mass is 15.3. The molecule has 110 valence electrons. The second-order valence-corrected chi connectivity index (χ2v) is 5.17. The molecule has 4 atom stereocenters. The first-order valence-corrected chi connectivity index (χ1v) is 8.09. The Hall–Kier alpha value is -0.0800. The summed E-state index contributed by atoms with van der Waals surface area (Å²) in [5, 5.41) is 0. The molecule has 0 saturated carbocycles. The average molecular weight is 256 g/mol. The molecule has 0 spiro atoms. The van der Waals surface area contributed by atoms with Crippen molar-refractivity contribution in [3.05, 3.63) is 0 Å². The molecular formula is C16H36N2. The van der Waals surface area contributed by atoms with E-state index in [2.05, 4.69) is 37.7 Å². The van der Waals surface area contributed by atoms with E-state index >= 15 is 0 Å². The van der Waals surface area contributed by atoms with Crippen LogP contribution in [0.25, 0.3) is 0 Å². The summed E-state index contributed by atoms with van der Waals surface area (Å²) in [7, 11) is 4.61. The van der Waals surface area contributed by atoms with Gasteiger partial charge in [-0.3, -0.25) is 4.90 Å². The van der Waals surface area contributed by atoms with Crippen LogP contribution in [0.15, 0.2) is 0 Å². The Morgan fingerprint density at radius 3 is 1.39 bits per heavy atom. The zero-order chi connectivity index (χ0) is 14.3. The molecule has 18 heavy (non-hydrogen) atoms. The molecule has 2 rings (SSSR count). The molecule has 2 heteroatoms. The van der Waals surface area contributed by atoms with E-state index in [9.17, 15) is 0 Å². The summed E-state index contributed by atoms with van der Waals surface area (Å²) in [6.45, 7) is 15.3. The molecule has 0 aromatic rings. The fourth-order valence-corrected chi connectivity index (χ4v) is 3.91. The van der Waals surface area contributed by atoms with Crippen molar-refractivity contribution in [1.29, 1.82) is 0 Å². The van der Waals surface area contributed by atoms with Crippen LogP contribution >= 0.6 is 0 Å². The van der Waals surface area contributed by atoms with Crippen molar-refractivity contribution < 1.29 is 0 Å². The van der Waals surface area contributed by atoms with Crippen LogP contribution in [0.4, 0.5) is 0 Å². The first-order valence-electron chi connectivity index (χ1n) is 8.09. The van der Waals surface area contributed by atoms with E-state index in [0.29, 0.717) is 0 Å². The Labute approximate surface area is 116 Å². The molecule has 0 aliphatic carbocycles. The second kappa shape index (κ2) is 8.92. The minimum Gasteiger partial charge on any atom is -0.306 e. The topological polar surface area (TPSA) is 6.48 Å². The molecule has 2 heterocycles. The largest absolute Gasteiger partial charge is 0.306 e. The summed E-state index contributed by atoms with van der Waals surface area (Å²) in [4.78, 5) is 5.18. The molecule has 0 aromatic carbocycles. The fourth-order valence-electron chi connectivity index (χ4n) is 3.91. The van der Waals surface area contributed by atoms with E-state index in [1.807, 2.05) is 27.7 Å². The van der Waals surface area contributed by atoms with E-state index in [-0.39, 0.29) is 0 Å². The average Bonchev–Trinajstić information content (AvgIpc) is 2.88. The lowest BCUT2D eigenvalue weighted by Crippen LogP contribution is -2.37. The number of rotatable bonds is 2. The molecule has 2 unspecified atom stereocenters. The first kappa shape index (κ1) is 17.9. The maximum atomic E-state index is 2.66. The Bertz CT molecular complexity index is 185. The van der Waals surface area contributed by atoms with Gasteiger partial charge in [0.25, 0.3) is 0 Å². The summed E-state index contributed by atoms with van der Waals surface area (Å²) in [6.07, 6.45) is 2.64. The van der Waals surface area contributed by atoms with Gasteiger partial charge in [-0.05, 0) is 38.8 Å². The van der Waals surface area contributed by atoms with Gasteiger partial charge in [0.15, 0.2) is 0 Å². The SMILES string of the molecule is CC.CC.CC[C@@H]1C2CN(C)CC2[C@H](CC)N1C. The predicted molar refractivity (Wildman–Crippen MR) is 83.1 cm³/mol. The van der Waals surface area contributed by atoms with Gasteiger partial charge in [0, 0.05) is 25.2 Å². The molecule has 2 aliphatic rings. The van der Waals surface area contributed by atoms with Crippen LogP contribution in [0.1, 0.15) is 54.4 Å². The Morgan fingerprint density at radius 1 is 0.778 bits per heavy atom. The molecule has 2 saturated heterocycles. The molecular weight excluding hydrogens is 220 g/mol. The Kier molecular flexibility index (Phi) is 8.89. The minimum atomic E-state index is 0.842. The van der Waals surface area contributed by atoms with Crippen LogP contribution in [0, 0.1) is 11.8 Å². The van der Waals surface area contributed by atoms with Crippen molar-refractivity contribution in [2.75, 3.05) is 27.2 Å². The summed E-state index contributed by atoms with van der Waals surface area (Å²) >= 11 is 0. The van der Waals surface area contributed by atoms with Gasteiger partial charge in [-0.1, -0.05) is 41.5 Å². The van der Waals surface area contributed by atoms with Crippen molar-refractivity contribution in [3.8, 4) is 0 Å². The summed E-state index contributed by atoms with van der Waals surface area (Å²) in [6, 6.07) is 1.68. The van der Waals surface area contributed by atoms with Gasteiger partial charge in [0.1, 0.15) is 0 Å². The third kappa shape index (κ3) is 3.48. The number of likely N-dealkylation sites (tertiary alicyclic amines) is 2. The van der Waals surface area contributed by atoms with Crippen LogP contribution in [-0.4, -0.2) is 49.1 Å². The fraction of sp³-hybridized carbons (Fsp3) is 1.00. The Morgan fingerprint density at radius 2 is 1.11 bits per heavy atom. The van der Waals surface area contributed by atoms with Gasteiger partial charge in [0.2, 0.25) is 0 Å². The van der Waals surface area contributed by atoms with E-state index in [0.717, 1.165) is 23.9 Å². The van der Waals surface area contributed by atoms with Gasteiger partial charge in [-0.15, -0.1) is 0 Å². The van der Waals surface area contributed by atoms with E-state index < -0.39 is 0 Å². The molecule has 2 fully saturated rings. The van der Waals surface area contributed by atoms with E-state index in [1.165, 1.54) is 25.9 Å². The van der Waals surface area contributed by atoms with Gasteiger partial charge in [-0.2, -0.15) is 0 Å². The molecule has 2 aliphatic heterocycles. The minimum absolute atomic E-state index is 0.842. The van der Waals surface area contributed by atoms with Crippen LogP contribution in [0.5, 0.6) is 0 Å². The monoisotopic (exact) mass is 256 g/mol. The first-order chi connectivity index (χ1) is 8.69. The highest BCUT2D eigenvalue weighted by Crippen LogP contribution is 2.41. The Balaban J connectivity index is 0.000000659. The highest BCUT2D eigenvalue weighted by molar-refractivity contribution is 5.02. The number of nitrogens with zero attached hydrogens (tertiary/aromatic N) is 2. The van der Waals surface area contributed by atoms with Crippen molar-refractivity contribution in [3.63, 3.8) is 0 Å². The normalized spacial score (nSPS) is 35.3. The molecule has 0 amide bonds. The third-order valence-corrected chi connectivity index (χ3v) is 4.47. The molecule has 0 aromatic heterocycles. The van der Waals surface area contributed by atoms with Crippen LogP contribution in [0.2, 0.25) is 0 Å². The van der Waals surface area contributed by atoms with Crippen molar-refractivity contribution in [2.45, 2.75) is 66.5 Å². The number of fused-ring (bicyclic) bond motifs is 1. The lowest BCUT2D eigenvalue weighted by Gasteiger charge is -2.28. The second-order valence-electron chi connectivity index (χ2n) is 5.17. The van der Waals surface area contributed by atoms with Crippen molar-refractivity contribution in [2.24, 2.45) is 11.8 Å². The number of hydrogen-bond acceptors (Lipinski definition) is 2. The van der Waals surface area contributed by atoms with Gasteiger partial charge < -0.3 is 4.90 Å². The predicted octanol–water partition coefficient (Wildman–Crippen LogP) is 3.72. The van der Waals surface area contributed by atoms with Gasteiger partial charge in [0.05, 0.1) is 0 Å². The van der Waals surface area contributed by atoms with E-state index in [4.69, 9.17) is 0 Å². The van der Waals surface area contributed by atoms with E-state index in [1.54, 1.807) is 0 Å². The zero-order valence-electron chi connectivity index (χ0n) is 14.0. The zero-order valence-corrected chi connectivity index (χ0v) is 14.0. The van der Waals surface area contributed by atoms with Gasteiger partial charge in [-0.25, -0.2) is 0 Å². The lowest BCUT2D eigenvalue weighted by molar-refractivity contribution is 0.182. The van der Waals surface area contributed by atoms with Crippen molar-refractivity contribution in [1.82, 2.24) is 9.80 Å². The third-order valence-electron chi connectivity index (χ3n) is 4.47. The standard InChI is InChI=1S/C12H24N2.2C2H6/c1-5-11-9-7-13(3)8-10(9)12(6-2)14(11)4;2*1-2/h9-12H,5-8H2,1-4H3;2*1-2H3/t9?,10?,11-,12+;;. The lowest BCUT2D eigenvalue weighted by atomic mass is 9.89. The molecule has 0 N–H and O–H groups in total. The quantitative estimate of drug-likeness (QED) is 0.743. The summed E-state index contributed by atoms with van der Waals surface area (Å²) < 4.78 is 0. The maximum Gasteiger partial charge on any atom is 0.0137 e. The molecule has 2 nitrogen and oxygen atoms in total. The summed E-state index contributed by atoms with van der Waals surface area (Å²) in [5.41, 5.74) is 0. The molecule has 0 bridgehead atoms. The van der Waals surface area contributed by atoms with Crippen molar-refractivity contribution >= 4 is 0 Å². The summed E-state index contributed by atoms with van der Waals surface area (Å²) in [5.74, 6) is 1.89. The molecule has 0 radical (unpaired) electrons. The maximum absolute atomic E-state index is 2.66. The van der Waals surface area contributed by atoms with Crippen LogP contribution < -0.4 is 0 Å². The van der Waals surface area contributed by atoms with Gasteiger partial charge >= 0.3 is 0 Å². The smallest absolute Gasteiger partial charge is 0.0137 e. The highest BCUT2D eigenvalue weighted by Gasteiger charge is 2.48. The van der Waals surface area contributed by atoms with Crippen LogP contribution in [-0.2, 0) is 0 Å².